The van der Waals surface area contributed by atoms with Crippen molar-refractivity contribution in [3.8, 4) is 11.1 Å². The standard InChI is InChI=1S/C18H20N6O2/c1-22-11-16(10-21-22)14-7-15(9-19-8-14)18(25)23-5-6-26-17(12-23)13-24-4-2-3-20-24/h2-4,7-11,17H,5-6,12-13H2,1H3. The first-order valence-electron chi connectivity index (χ1n) is 8.51. The molecule has 1 aliphatic rings. The Hall–Kier alpha value is -3.00. The molecule has 1 atom stereocenters. The van der Waals surface area contributed by atoms with Crippen molar-refractivity contribution in [1.29, 1.82) is 0 Å². The first-order chi connectivity index (χ1) is 12.7. The fourth-order valence-corrected chi connectivity index (χ4v) is 3.10. The van der Waals surface area contributed by atoms with Gasteiger partial charge in [-0.2, -0.15) is 10.2 Å². The van der Waals surface area contributed by atoms with Gasteiger partial charge >= 0.3 is 0 Å². The van der Waals surface area contributed by atoms with E-state index in [0.717, 1.165) is 11.1 Å². The van der Waals surface area contributed by atoms with Gasteiger partial charge < -0.3 is 9.64 Å². The molecule has 0 radical (unpaired) electrons. The number of aryl methyl sites for hydroxylation is 1. The molecule has 1 unspecified atom stereocenters. The average Bonchev–Trinajstić information content (AvgIpc) is 3.33. The van der Waals surface area contributed by atoms with Crippen LogP contribution in [0.25, 0.3) is 11.1 Å². The van der Waals surface area contributed by atoms with Crippen LogP contribution in [0.3, 0.4) is 0 Å². The van der Waals surface area contributed by atoms with Crippen LogP contribution in [0.15, 0.2) is 49.3 Å². The Morgan fingerprint density at radius 2 is 2.19 bits per heavy atom. The first-order valence-corrected chi connectivity index (χ1v) is 8.51. The topological polar surface area (TPSA) is 78.1 Å². The predicted octanol–water partition coefficient (Wildman–Crippen LogP) is 1.22. The molecule has 0 aliphatic carbocycles. The van der Waals surface area contributed by atoms with Crippen molar-refractivity contribution < 1.29 is 9.53 Å². The molecule has 8 nitrogen and oxygen atoms in total. The molecule has 1 amide bonds. The van der Waals surface area contributed by atoms with Crippen LogP contribution in [0.1, 0.15) is 10.4 Å². The van der Waals surface area contributed by atoms with Gasteiger partial charge in [0.15, 0.2) is 0 Å². The summed E-state index contributed by atoms with van der Waals surface area (Å²) < 4.78 is 9.33. The van der Waals surface area contributed by atoms with Crippen LogP contribution in [0.2, 0.25) is 0 Å². The van der Waals surface area contributed by atoms with E-state index in [-0.39, 0.29) is 12.0 Å². The number of carbonyl (C=O) groups excluding carboxylic acids is 1. The Morgan fingerprint density at radius 3 is 2.96 bits per heavy atom. The molecule has 0 N–H and O–H groups in total. The van der Waals surface area contributed by atoms with E-state index in [0.29, 0.717) is 31.8 Å². The predicted molar refractivity (Wildman–Crippen MR) is 94.3 cm³/mol. The number of aromatic nitrogens is 5. The third-order valence-electron chi connectivity index (χ3n) is 4.40. The minimum atomic E-state index is -0.0675. The van der Waals surface area contributed by atoms with Gasteiger partial charge in [-0.1, -0.05) is 0 Å². The Labute approximate surface area is 151 Å². The number of morpholine rings is 1. The third-order valence-corrected chi connectivity index (χ3v) is 4.40. The number of amides is 1. The molecule has 0 aromatic carbocycles. The number of pyridine rings is 1. The molecular weight excluding hydrogens is 332 g/mol. The molecule has 0 spiro atoms. The maximum atomic E-state index is 12.9. The van der Waals surface area contributed by atoms with Gasteiger partial charge in [0.25, 0.3) is 5.91 Å². The van der Waals surface area contributed by atoms with Crippen molar-refractivity contribution in [3.05, 3.63) is 54.9 Å². The van der Waals surface area contributed by atoms with Crippen molar-refractivity contribution in [2.75, 3.05) is 19.7 Å². The fourth-order valence-electron chi connectivity index (χ4n) is 3.10. The molecule has 1 aliphatic heterocycles. The second kappa shape index (κ2) is 7.09. The molecule has 8 heteroatoms. The Kier molecular flexibility index (Phi) is 4.49. The molecule has 4 heterocycles. The smallest absolute Gasteiger partial charge is 0.255 e. The highest BCUT2D eigenvalue weighted by Gasteiger charge is 2.26. The number of rotatable bonds is 4. The summed E-state index contributed by atoms with van der Waals surface area (Å²) in [6.07, 6.45) is 10.6. The SMILES string of the molecule is Cn1cc(-c2cncc(C(=O)N3CCOC(Cn4cccn4)C3)c2)cn1. The van der Waals surface area contributed by atoms with Gasteiger partial charge in [0.05, 0.1) is 31.0 Å². The molecule has 4 rings (SSSR count). The molecular formula is C18H20N6O2. The quantitative estimate of drug-likeness (QED) is 0.705. The highest BCUT2D eigenvalue weighted by molar-refractivity contribution is 5.95. The van der Waals surface area contributed by atoms with Crippen LogP contribution in [-0.4, -0.2) is 61.2 Å². The van der Waals surface area contributed by atoms with E-state index in [4.69, 9.17) is 4.74 Å². The summed E-state index contributed by atoms with van der Waals surface area (Å²) in [7, 11) is 1.86. The zero-order valence-electron chi connectivity index (χ0n) is 14.5. The normalized spacial score (nSPS) is 17.4. The monoisotopic (exact) mass is 352 g/mol. The average molecular weight is 352 g/mol. The molecule has 3 aromatic heterocycles. The zero-order chi connectivity index (χ0) is 17.9. The number of nitrogens with zero attached hydrogens (tertiary/aromatic N) is 6. The summed E-state index contributed by atoms with van der Waals surface area (Å²) in [5.74, 6) is -0.0306. The molecule has 1 fully saturated rings. The minimum absolute atomic E-state index is 0.0306. The van der Waals surface area contributed by atoms with Gasteiger partial charge in [-0.05, 0) is 12.1 Å². The molecule has 0 saturated carbocycles. The Bertz CT molecular complexity index is 889. The summed E-state index contributed by atoms with van der Waals surface area (Å²) in [4.78, 5) is 19.0. The van der Waals surface area contributed by atoms with E-state index in [9.17, 15) is 4.79 Å². The minimum Gasteiger partial charge on any atom is -0.373 e. The van der Waals surface area contributed by atoms with E-state index in [2.05, 4.69) is 15.2 Å². The van der Waals surface area contributed by atoms with Gasteiger partial charge in [-0.25, -0.2) is 0 Å². The lowest BCUT2D eigenvalue weighted by Crippen LogP contribution is -2.47. The highest BCUT2D eigenvalue weighted by Crippen LogP contribution is 2.20. The van der Waals surface area contributed by atoms with E-state index in [1.165, 1.54) is 0 Å². The van der Waals surface area contributed by atoms with Crippen molar-refractivity contribution in [1.82, 2.24) is 29.4 Å². The van der Waals surface area contributed by atoms with Crippen LogP contribution in [-0.2, 0) is 18.3 Å². The van der Waals surface area contributed by atoms with Crippen LogP contribution in [0, 0.1) is 0 Å². The van der Waals surface area contributed by atoms with Crippen LogP contribution < -0.4 is 0 Å². The number of ether oxygens (including phenoxy) is 1. The number of hydrogen-bond acceptors (Lipinski definition) is 5. The van der Waals surface area contributed by atoms with Gasteiger partial charge in [0.2, 0.25) is 0 Å². The van der Waals surface area contributed by atoms with Gasteiger partial charge in [-0.15, -0.1) is 0 Å². The summed E-state index contributed by atoms with van der Waals surface area (Å²) in [6, 6.07) is 3.74. The van der Waals surface area contributed by atoms with E-state index in [1.807, 2.05) is 41.2 Å². The first kappa shape index (κ1) is 16.5. The van der Waals surface area contributed by atoms with Crippen molar-refractivity contribution in [2.45, 2.75) is 12.6 Å². The van der Waals surface area contributed by atoms with E-state index >= 15 is 0 Å². The Morgan fingerprint density at radius 1 is 1.27 bits per heavy atom. The number of carbonyl (C=O) groups is 1. The Balaban J connectivity index is 1.48. The van der Waals surface area contributed by atoms with Crippen LogP contribution in [0.4, 0.5) is 0 Å². The second-order valence-electron chi connectivity index (χ2n) is 6.34. The van der Waals surface area contributed by atoms with Crippen molar-refractivity contribution >= 4 is 5.91 Å². The number of hydrogen-bond donors (Lipinski definition) is 0. The fraction of sp³-hybridized carbons (Fsp3) is 0.333. The second-order valence-corrected chi connectivity index (χ2v) is 6.34. The van der Waals surface area contributed by atoms with E-state index in [1.54, 1.807) is 29.5 Å². The lowest BCUT2D eigenvalue weighted by Gasteiger charge is -2.33. The van der Waals surface area contributed by atoms with E-state index < -0.39 is 0 Å². The third kappa shape index (κ3) is 3.50. The maximum absolute atomic E-state index is 12.9. The lowest BCUT2D eigenvalue weighted by atomic mass is 10.1. The molecule has 0 bridgehead atoms. The van der Waals surface area contributed by atoms with Crippen molar-refractivity contribution in [3.63, 3.8) is 0 Å². The largest absolute Gasteiger partial charge is 0.373 e. The zero-order valence-corrected chi connectivity index (χ0v) is 14.5. The van der Waals surface area contributed by atoms with Gasteiger partial charge in [-0.3, -0.25) is 19.1 Å². The lowest BCUT2D eigenvalue weighted by molar-refractivity contribution is -0.0300. The summed E-state index contributed by atoms with van der Waals surface area (Å²) in [5, 5.41) is 8.37. The molecule has 134 valence electrons. The summed E-state index contributed by atoms with van der Waals surface area (Å²) in [5.41, 5.74) is 2.39. The van der Waals surface area contributed by atoms with Gasteiger partial charge in [0, 0.05) is 62.2 Å². The summed E-state index contributed by atoms with van der Waals surface area (Å²) in [6.45, 7) is 2.26. The maximum Gasteiger partial charge on any atom is 0.255 e. The highest BCUT2D eigenvalue weighted by atomic mass is 16.5. The van der Waals surface area contributed by atoms with Gasteiger partial charge in [0.1, 0.15) is 0 Å². The van der Waals surface area contributed by atoms with Crippen LogP contribution in [0.5, 0.6) is 0 Å². The van der Waals surface area contributed by atoms with Crippen molar-refractivity contribution in [2.24, 2.45) is 7.05 Å². The molecule has 26 heavy (non-hydrogen) atoms. The van der Waals surface area contributed by atoms with Crippen LogP contribution >= 0.6 is 0 Å². The summed E-state index contributed by atoms with van der Waals surface area (Å²) >= 11 is 0. The molecule has 3 aromatic rings. The molecule has 1 saturated heterocycles.